The Morgan fingerprint density at radius 2 is 2.00 bits per heavy atom. The van der Waals surface area contributed by atoms with Gasteiger partial charge in [-0.15, -0.1) is 11.3 Å². The van der Waals surface area contributed by atoms with Crippen LogP contribution in [0.2, 0.25) is 0 Å². The number of primary amides is 1. The third-order valence-corrected chi connectivity index (χ3v) is 6.58. The number of ether oxygens (including phenoxy) is 1. The first-order valence-corrected chi connectivity index (χ1v) is 10.9. The van der Waals surface area contributed by atoms with Crippen LogP contribution in [0.1, 0.15) is 21.5 Å². The fourth-order valence-corrected chi connectivity index (χ4v) is 4.95. The number of hydrogen-bond donors (Lipinski definition) is 1. The first kappa shape index (κ1) is 19.4. The predicted molar refractivity (Wildman–Crippen MR) is 127 cm³/mol. The summed E-state index contributed by atoms with van der Waals surface area (Å²) < 4.78 is 7.65. The minimum Gasteiger partial charge on any atom is -0.496 e. The molecule has 0 aliphatic heterocycles. The highest BCUT2D eigenvalue weighted by molar-refractivity contribution is 7.13. The van der Waals surface area contributed by atoms with Crippen LogP contribution < -0.4 is 10.5 Å². The molecule has 0 unspecified atom stereocenters. The molecule has 0 aliphatic rings. The quantitative estimate of drug-likeness (QED) is 0.388. The highest BCUT2D eigenvalue weighted by Crippen LogP contribution is 2.36. The largest absolute Gasteiger partial charge is 0.496 e. The molecule has 1 radical (unpaired) electrons. The van der Waals surface area contributed by atoms with Crippen molar-refractivity contribution in [3.63, 3.8) is 0 Å². The Balaban J connectivity index is 1.77. The second-order valence-electron chi connectivity index (χ2n) is 7.58. The molecule has 5 heteroatoms. The van der Waals surface area contributed by atoms with Gasteiger partial charge in [-0.25, -0.2) is 0 Å². The number of aryl methyl sites for hydroxylation is 1. The standard InChI is InChI=1S/C26H21N2O2S/c1-16-13-17(8-11-23(16)30-2)15-28-21-6-3-5-20(26(27)29)25(21)19-10-9-18(14-22(19)28)24-7-4-12-31-24/h3-9,11-14H,15H2,1-2H3,(H2,27,29). The molecule has 2 aromatic heterocycles. The first-order chi connectivity index (χ1) is 15.1. The minimum atomic E-state index is -0.430. The smallest absolute Gasteiger partial charge is 0.249 e. The van der Waals surface area contributed by atoms with E-state index >= 15 is 0 Å². The van der Waals surface area contributed by atoms with Gasteiger partial charge in [0.05, 0.1) is 18.1 Å². The van der Waals surface area contributed by atoms with Crippen LogP contribution >= 0.6 is 11.3 Å². The summed E-state index contributed by atoms with van der Waals surface area (Å²) in [6.45, 7) is 2.71. The minimum absolute atomic E-state index is 0.430. The summed E-state index contributed by atoms with van der Waals surface area (Å²) in [7, 11) is 1.68. The van der Waals surface area contributed by atoms with Gasteiger partial charge >= 0.3 is 0 Å². The maximum Gasteiger partial charge on any atom is 0.249 e. The van der Waals surface area contributed by atoms with Crippen molar-refractivity contribution in [1.82, 2.24) is 4.57 Å². The van der Waals surface area contributed by atoms with Crippen LogP contribution in [0.3, 0.4) is 0 Å². The fourth-order valence-electron chi connectivity index (χ4n) is 4.24. The Labute approximate surface area is 184 Å². The van der Waals surface area contributed by atoms with E-state index in [0.717, 1.165) is 44.2 Å². The normalized spacial score (nSPS) is 11.3. The molecule has 0 atom stereocenters. The van der Waals surface area contributed by atoms with Crippen LogP contribution in [0.5, 0.6) is 5.75 Å². The topological polar surface area (TPSA) is 57.2 Å². The number of fused-ring (bicyclic) bond motifs is 3. The number of methoxy groups -OCH3 is 1. The molecule has 0 fully saturated rings. The van der Waals surface area contributed by atoms with Gasteiger partial charge in [0.2, 0.25) is 5.91 Å². The molecule has 0 aliphatic carbocycles. The molecule has 2 heterocycles. The average Bonchev–Trinajstić information content (AvgIpc) is 3.41. The number of nitrogens with two attached hydrogens (primary N) is 1. The highest BCUT2D eigenvalue weighted by atomic mass is 32.1. The first-order valence-electron chi connectivity index (χ1n) is 10.0. The van der Waals surface area contributed by atoms with E-state index in [-0.39, 0.29) is 0 Å². The lowest BCUT2D eigenvalue weighted by Gasteiger charge is -2.11. The Hall–Kier alpha value is -3.57. The van der Waals surface area contributed by atoms with E-state index in [2.05, 4.69) is 40.3 Å². The lowest BCUT2D eigenvalue weighted by molar-refractivity contribution is 0.100. The fraction of sp³-hybridized carbons (Fsp3) is 0.115. The molecule has 0 bridgehead atoms. The number of hydrogen-bond acceptors (Lipinski definition) is 3. The summed E-state index contributed by atoms with van der Waals surface area (Å²) in [5, 5.41) is 3.84. The van der Waals surface area contributed by atoms with Crippen molar-refractivity contribution in [2.24, 2.45) is 5.73 Å². The van der Waals surface area contributed by atoms with Crippen LogP contribution in [0, 0.1) is 13.0 Å². The molecule has 5 rings (SSSR count). The summed E-state index contributed by atoms with van der Waals surface area (Å²) in [5.41, 5.74) is 11.6. The van der Waals surface area contributed by atoms with Crippen LogP contribution in [0.4, 0.5) is 0 Å². The zero-order valence-corrected chi connectivity index (χ0v) is 18.1. The van der Waals surface area contributed by atoms with E-state index in [1.807, 2.05) is 37.3 Å². The molecule has 153 valence electrons. The van der Waals surface area contributed by atoms with E-state index in [9.17, 15) is 4.79 Å². The Bertz CT molecular complexity index is 1430. The molecule has 0 spiro atoms. The van der Waals surface area contributed by atoms with Gasteiger partial charge in [0.1, 0.15) is 5.75 Å². The molecule has 3 aromatic carbocycles. The second kappa shape index (κ2) is 7.60. The lowest BCUT2D eigenvalue weighted by Crippen LogP contribution is -2.11. The highest BCUT2D eigenvalue weighted by Gasteiger charge is 2.18. The SMILES string of the molecule is COc1ccc(Cn2c3cc(-c4cccs4)c[c]c3c3c(C(N)=O)cccc32)cc1C. The zero-order chi connectivity index (χ0) is 21.5. The Morgan fingerprint density at radius 3 is 2.71 bits per heavy atom. The molecule has 2 N–H and O–H groups in total. The van der Waals surface area contributed by atoms with Gasteiger partial charge in [-0.2, -0.15) is 0 Å². The van der Waals surface area contributed by atoms with Crippen LogP contribution in [-0.2, 0) is 6.54 Å². The van der Waals surface area contributed by atoms with Gasteiger partial charge in [-0.1, -0.05) is 24.3 Å². The van der Waals surface area contributed by atoms with Crippen LogP contribution in [-0.4, -0.2) is 17.6 Å². The third-order valence-electron chi connectivity index (χ3n) is 5.67. The van der Waals surface area contributed by atoms with Gasteiger partial charge in [-0.3, -0.25) is 4.79 Å². The maximum absolute atomic E-state index is 12.2. The number of rotatable bonds is 5. The van der Waals surface area contributed by atoms with Crippen molar-refractivity contribution in [1.29, 1.82) is 0 Å². The van der Waals surface area contributed by atoms with Gasteiger partial charge in [0.25, 0.3) is 0 Å². The molecular weight excluding hydrogens is 404 g/mol. The van der Waals surface area contributed by atoms with Crippen molar-refractivity contribution < 1.29 is 9.53 Å². The lowest BCUT2D eigenvalue weighted by atomic mass is 10.0. The van der Waals surface area contributed by atoms with Gasteiger partial charge in [-0.05, 0) is 71.5 Å². The number of thiophene rings is 1. The van der Waals surface area contributed by atoms with Gasteiger partial charge < -0.3 is 15.0 Å². The monoisotopic (exact) mass is 425 g/mol. The summed E-state index contributed by atoms with van der Waals surface area (Å²) in [5.74, 6) is 0.441. The van der Waals surface area contributed by atoms with Crippen molar-refractivity contribution in [3.05, 3.63) is 88.8 Å². The third kappa shape index (κ3) is 3.27. The van der Waals surface area contributed by atoms with E-state index in [1.165, 1.54) is 4.88 Å². The zero-order valence-electron chi connectivity index (χ0n) is 17.3. The molecule has 4 nitrogen and oxygen atoms in total. The number of amides is 1. The number of aromatic nitrogens is 1. The predicted octanol–water partition coefficient (Wildman–Crippen LogP) is 5.79. The van der Waals surface area contributed by atoms with Gasteiger partial charge in [0.15, 0.2) is 0 Å². The molecule has 1 amide bonds. The number of carbonyl (C=O) groups is 1. The molecule has 5 aromatic rings. The molecule has 31 heavy (non-hydrogen) atoms. The van der Waals surface area contributed by atoms with Crippen molar-refractivity contribution in [3.8, 4) is 16.2 Å². The van der Waals surface area contributed by atoms with E-state index < -0.39 is 5.91 Å². The number of carbonyl (C=O) groups excluding carboxylic acids is 1. The number of nitrogens with zero attached hydrogens (tertiary/aromatic N) is 1. The number of benzene rings is 3. The van der Waals surface area contributed by atoms with Crippen molar-refractivity contribution in [2.75, 3.05) is 7.11 Å². The van der Waals surface area contributed by atoms with E-state index in [4.69, 9.17) is 10.5 Å². The Morgan fingerprint density at radius 1 is 1.13 bits per heavy atom. The van der Waals surface area contributed by atoms with E-state index in [1.54, 1.807) is 24.5 Å². The molecular formula is C26H21N2O2S. The van der Waals surface area contributed by atoms with Crippen molar-refractivity contribution in [2.45, 2.75) is 13.5 Å². The summed E-state index contributed by atoms with van der Waals surface area (Å²) in [6.07, 6.45) is 0. The molecule has 0 saturated heterocycles. The van der Waals surface area contributed by atoms with Crippen molar-refractivity contribution >= 4 is 39.0 Å². The second-order valence-corrected chi connectivity index (χ2v) is 8.53. The summed E-state index contributed by atoms with van der Waals surface area (Å²) in [6, 6.07) is 23.7. The van der Waals surface area contributed by atoms with E-state index in [0.29, 0.717) is 12.1 Å². The maximum atomic E-state index is 12.2. The molecule has 0 saturated carbocycles. The van der Waals surface area contributed by atoms with Crippen LogP contribution in [0.15, 0.2) is 66.0 Å². The van der Waals surface area contributed by atoms with Gasteiger partial charge in [0, 0.05) is 27.8 Å². The Kier molecular flexibility index (Phi) is 4.75. The van der Waals surface area contributed by atoms with Crippen LogP contribution in [0.25, 0.3) is 32.2 Å². The summed E-state index contributed by atoms with van der Waals surface area (Å²) >= 11 is 1.70. The summed E-state index contributed by atoms with van der Waals surface area (Å²) in [4.78, 5) is 13.4. The average molecular weight is 426 g/mol.